The molecule has 4 fully saturated rings. The van der Waals surface area contributed by atoms with Gasteiger partial charge in [0.05, 0.1) is 0 Å². The lowest BCUT2D eigenvalue weighted by molar-refractivity contribution is -0.0399. The summed E-state index contributed by atoms with van der Waals surface area (Å²) in [6.45, 7) is 0. The monoisotopic (exact) mass is 729 g/mol. The van der Waals surface area contributed by atoms with Gasteiger partial charge in [-0.3, -0.25) is 0 Å². The van der Waals surface area contributed by atoms with Crippen molar-refractivity contribution in [1.29, 1.82) is 0 Å². The Morgan fingerprint density at radius 1 is 0.473 bits per heavy atom. The van der Waals surface area contributed by atoms with Crippen molar-refractivity contribution in [2.45, 2.75) is 37.5 Å². The molecule has 4 bridgehead atoms. The van der Waals surface area contributed by atoms with Crippen LogP contribution in [-0.2, 0) is 5.41 Å². The van der Waals surface area contributed by atoms with Gasteiger partial charge in [-0.05, 0) is 155 Å². The maximum atomic E-state index is 15.3. The van der Waals surface area contributed by atoms with Crippen molar-refractivity contribution in [3.8, 4) is 33.4 Å². The molecule has 0 unspecified atom stereocenters. The van der Waals surface area contributed by atoms with E-state index < -0.39 is 0 Å². The Kier molecular flexibility index (Phi) is 6.93. The fourth-order valence-corrected chi connectivity index (χ4v) is 13.1. The van der Waals surface area contributed by atoms with Crippen molar-refractivity contribution in [1.82, 2.24) is 0 Å². The van der Waals surface area contributed by atoms with Gasteiger partial charge in [-0.2, -0.15) is 0 Å². The Balaban J connectivity index is 1.13. The number of hydrogen-bond donors (Lipinski definition) is 0. The summed E-state index contributed by atoms with van der Waals surface area (Å²) in [6, 6.07) is 56.9. The first-order valence-electron chi connectivity index (χ1n) is 20.0. The zero-order valence-electron chi connectivity index (χ0n) is 30.6. The van der Waals surface area contributed by atoms with Gasteiger partial charge < -0.3 is 4.90 Å². The molecule has 266 valence electrons. The molecule has 55 heavy (non-hydrogen) atoms. The first-order chi connectivity index (χ1) is 27.1. The van der Waals surface area contributed by atoms with Crippen LogP contribution in [0, 0.1) is 29.5 Å². The van der Waals surface area contributed by atoms with Gasteiger partial charge in [-0.15, -0.1) is 11.3 Å². The second-order valence-electron chi connectivity index (χ2n) is 16.7. The van der Waals surface area contributed by atoms with Crippen LogP contribution in [0.2, 0.25) is 0 Å². The SMILES string of the molecule is Fc1cccc(-c2cc(N(c3ccc(-c4ccccc4)cc3)c3ccc4c(c3)sc3ccccc34)cc3c2-c2ccccc2C32C3CC4CC(C3)CC2C4)c1. The number of nitrogens with zero attached hydrogens (tertiary/aromatic N) is 1. The fourth-order valence-electron chi connectivity index (χ4n) is 12.0. The Labute approximate surface area is 325 Å². The highest BCUT2D eigenvalue weighted by Gasteiger charge is 2.62. The molecular formula is C52H40FNS. The zero-order valence-corrected chi connectivity index (χ0v) is 31.4. The van der Waals surface area contributed by atoms with E-state index in [1.54, 1.807) is 12.1 Å². The third-order valence-corrected chi connectivity index (χ3v) is 15.0. The summed E-state index contributed by atoms with van der Waals surface area (Å²) in [7, 11) is 0. The predicted octanol–water partition coefficient (Wildman–Crippen LogP) is 14.7. The van der Waals surface area contributed by atoms with Crippen molar-refractivity contribution < 1.29 is 4.39 Å². The molecule has 7 aromatic carbocycles. The van der Waals surface area contributed by atoms with Gasteiger partial charge in [-0.1, -0.05) is 103 Å². The number of thiophene rings is 1. The lowest BCUT2D eigenvalue weighted by Crippen LogP contribution is -2.55. The van der Waals surface area contributed by atoms with E-state index in [4.69, 9.17) is 0 Å². The van der Waals surface area contributed by atoms with Gasteiger partial charge in [0.25, 0.3) is 0 Å². The molecule has 1 heterocycles. The molecule has 8 aromatic rings. The van der Waals surface area contributed by atoms with Crippen LogP contribution in [0.5, 0.6) is 0 Å². The van der Waals surface area contributed by atoms with E-state index >= 15 is 4.39 Å². The standard InChI is InChI=1S/C52H40FNS/c53-39-12-8-11-36(28-39)46-29-42(30-48-51(46)45-14-4-6-15-47(45)52(48)37-24-32-23-33(26-37)27-38(52)25-32)54(40-19-17-35(18-20-40)34-9-2-1-3-10-34)41-21-22-44-43-13-5-7-16-49(43)55-50(44)31-41/h1-22,28-33,37-38H,23-27H2. The summed E-state index contributed by atoms with van der Waals surface area (Å²) < 4.78 is 17.9. The van der Waals surface area contributed by atoms with Crippen LogP contribution >= 0.6 is 11.3 Å². The van der Waals surface area contributed by atoms with E-state index in [0.29, 0.717) is 11.8 Å². The molecule has 13 rings (SSSR count). The molecule has 3 heteroatoms. The number of hydrogen-bond acceptors (Lipinski definition) is 2. The van der Waals surface area contributed by atoms with E-state index in [1.165, 1.54) is 85.7 Å². The minimum absolute atomic E-state index is 0.0320. The summed E-state index contributed by atoms with van der Waals surface area (Å²) in [5.41, 5.74) is 13.5. The first kappa shape index (κ1) is 31.8. The molecule has 0 aliphatic heterocycles. The van der Waals surface area contributed by atoms with Crippen molar-refractivity contribution in [3.05, 3.63) is 175 Å². The van der Waals surface area contributed by atoms with Crippen LogP contribution < -0.4 is 4.90 Å². The normalized spacial score (nSPS) is 23.1. The van der Waals surface area contributed by atoms with Gasteiger partial charge in [-0.25, -0.2) is 4.39 Å². The molecule has 0 atom stereocenters. The van der Waals surface area contributed by atoms with Gasteiger partial charge in [0.2, 0.25) is 0 Å². The summed E-state index contributed by atoms with van der Waals surface area (Å²) in [5, 5.41) is 2.60. The average molecular weight is 730 g/mol. The zero-order chi connectivity index (χ0) is 36.3. The number of fused-ring (bicyclic) bond motifs is 6. The molecule has 0 amide bonds. The molecule has 1 spiro atoms. The summed E-state index contributed by atoms with van der Waals surface area (Å²) in [5.74, 6) is 2.74. The molecule has 0 saturated heterocycles. The number of benzene rings is 7. The van der Waals surface area contributed by atoms with Crippen LogP contribution in [0.25, 0.3) is 53.6 Å². The molecular weight excluding hydrogens is 690 g/mol. The summed E-state index contributed by atoms with van der Waals surface area (Å²) >= 11 is 1.86. The van der Waals surface area contributed by atoms with Crippen molar-refractivity contribution in [2.24, 2.45) is 23.7 Å². The van der Waals surface area contributed by atoms with Gasteiger partial charge >= 0.3 is 0 Å². The number of anilines is 3. The molecule has 4 saturated carbocycles. The van der Waals surface area contributed by atoms with Gasteiger partial charge in [0.1, 0.15) is 5.82 Å². The van der Waals surface area contributed by atoms with E-state index in [0.717, 1.165) is 40.0 Å². The maximum absolute atomic E-state index is 15.3. The Morgan fingerprint density at radius 3 is 1.95 bits per heavy atom. The van der Waals surface area contributed by atoms with Crippen molar-refractivity contribution in [2.75, 3.05) is 4.90 Å². The minimum atomic E-state index is -0.198. The van der Waals surface area contributed by atoms with E-state index in [9.17, 15) is 0 Å². The molecule has 5 aliphatic rings. The second-order valence-corrected chi connectivity index (χ2v) is 17.8. The lowest BCUT2D eigenvalue weighted by Gasteiger charge is -2.61. The van der Waals surface area contributed by atoms with E-state index in [1.807, 2.05) is 17.4 Å². The quantitative estimate of drug-likeness (QED) is 0.170. The van der Waals surface area contributed by atoms with E-state index in [-0.39, 0.29) is 11.2 Å². The molecule has 5 aliphatic carbocycles. The highest BCUT2D eigenvalue weighted by Crippen LogP contribution is 2.70. The van der Waals surface area contributed by atoms with Crippen molar-refractivity contribution in [3.63, 3.8) is 0 Å². The smallest absolute Gasteiger partial charge is 0.123 e. The molecule has 0 radical (unpaired) electrons. The minimum Gasteiger partial charge on any atom is -0.310 e. The van der Waals surface area contributed by atoms with Crippen LogP contribution in [0.3, 0.4) is 0 Å². The number of rotatable bonds is 5. The third kappa shape index (κ3) is 4.69. The Morgan fingerprint density at radius 2 is 1.15 bits per heavy atom. The largest absolute Gasteiger partial charge is 0.310 e. The van der Waals surface area contributed by atoms with E-state index in [2.05, 4.69) is 144 Å². The van der Waals surface area contributed by atoms with Crippen molar-refractivity contribution >= 4 is 48.6 Å². The predicted molar refractivity (Wildman–Crippen MR) is 228 cm³/mol. The van der Waals surface area contributed by atoms with Crippen LogP contribution in [-0.4, -0.2) is 0 Å². The third-order valence-electron chi connectivity index (χ3n) is 13.9. The topological polar surface area (TPSA) is 3.24 Å². The van der Waals surface area contributed by atoms with Crippen LogP contribution in [0.4, 0.5) is 21.5 Å². The highest BCUT2D eigenvalue weighted by molar-refractivity contribution is 7.25. The molecule has 0 N–H and O–H groups in total. The molecule has 1 nitrogen and oxygen atoms in total. The number of halogens is 1. The average Bonchev–Trinajstić information content (AvgIpc) is 3.73. The second kappa shape index (κ2) is 12.0. The van der Waals surface area contributed by atoms with Gasteiger partial charge in [0, 0.05) is 42.6 Å². The van der Waals surface area contributed by atoms with Gasteiger partial charge in [0.15, 0.2) is 0 Å². The summed E-state index contributed by atoms with van der Waals surface area (Å²) in [6.07, 6.45) is 6.67. The Hall–Kier alpha value is -5.51. The van der Waals surface area contributed by atoms with Crippen LogP contribution in [0.15, 0.2) is 158 Å². The fraction of sp³-hybridized carbons (Fsp3) is 0.192. The maximum Gasteiger partial charge on any atom is 0.123 e. The highest BCUT2D eigenvalue weighted by atomic mass is 32.1. The summed E-state index contributed by atoms with van der Waals surface area (Å²) in [4.78, 5) is 2.47. The first-order valence-corrected chi connectivity index (χ1v) is 20.8. The molecule has 1 aromatic heterocycles. The van der Waals surface area contributed by atoms with Crippen LogP contribution in [0.1, 0.15) is 43.2 Å². The Bertz CT molecular complexity index is 2770. The lowest BCUT2D eigenvalue weighted by atomic mass is 9.43.